The van der Waals surface area contributed by atoms with E-state index in [0.29, 0.717) is 22.5 Å². The van der Waals surface area contributed by atoms with E-state index in [2.05, 4.69) is 5.92 Å². The van der Waals surface area contributed by atoms with Gasteiger partial charge in [0.15, 0.2) is 0 Å². The van der Waals surface area contributed by atoms with Crippen LogP contribution in [0.15, 0.2) is 24.3 Å². The molecule has 25 heavy (non-hydrogen) atoms. The van der Waals surface area contributed by atoms with Crippen LogP contribution in [0.1, 0.15) is 34.1 Å². The molecule has 0 unspecified atom stereocenters. The van der Waals surface area contributed by atoms with Gasteiger partial charge in [0.2, 0.25) is 0 Å². The summed E-state index contributed by atoms with van der Waals surface area (Å²) in [6.07, 6.45) is 6.13. The van der Waals surface area contributed by atoms with Crippen LogP contribution in [-0.4, -0.2) is 20.1 Å². The Labute approximate surface area is 152 Å². The third-order valence-electron chi connectivity index (χ3n) is 4.40. The van der Waals surface area contributed by atoms with Gasteiger partial charge < -0.3 is 5.11 Å². The summed E-state index contributed by atoms with van der Waals surface area (Å²) in [6.45, 7) is 5.68. The zero-order valence-corrected chi connectivity index (χ0v) is 16.0. The van der Waals surface area contributed by atoms with Crippen molar-refractivity contribution in [3.05, 3.63) is 51.4 Å². The molecular formula is C19H19NO3S2. The van der Waals surface area contributed by atoms with Crippen LogP contribution in [-0.2, 0) is 16.4 Å². The lowest BCUT2D eigenvalue weighted by Crippen LogP contribution is -2.35. The SMILES string of the molecule is C#CCN1c2sc(C)c(CC)c2C(O)=C(c2ccccc2C)S1(=O)=O. The molecule has 1 aromatic heterocycles. The molecule has 1 N–H and O–H groups in total. The second-order valence-electron chi connectivity index (χ2n) is 5.88. The average molecular weight is 373 g/mol. The van der Waals surface area contributed by atoms with Crippen LogP contribution in [0.3, 0.4) is 0 Å². The van der Waals surface area contributed by atoms with Crippen molar-refractivity contribution >= 4 is 37.0 Å². The molecule has 1 aliphatic heterocycles. The first-order valence-corrected chi connectivity index (χ1v) is 10.2. The van der Waals surface area contributed by atoms with E-state index in [-0.39, 0.29) is 17.2 Å². The van der Waals surface area contributed by atoms with Gasteiger partial charge in [-0.3, -0.25) is 0 Å². The number of rotatable bonds is 3. The summed E-state index contributed by atoms with van der Waals surface area (Å²) in [5.41, 5.74) is 2.83. The van der Waals surface area contributed by atoms with Crippen molar-refractivity contribution in [2.75, 3.05) is 10.8 Å². The smallest absolute Gasteiger partial charge is 0.270 e. The van der Waals surface area contributed by atoms with Gasteiger partial charge in [-0.1, -0.05) is 37.1 Å². The number of terminal acetylenes is 1. The lowest BCUT2D eigenvalue weighted by Gasteiger charge is -2.29. The first-order valence-electron chi connectivity index (χ1n) is 7.92. The minimum atomic E-state index is -3.95. The number of hydrogen-bond acceptors (Lipinski definition) is 4. The molecule has 0 saturated carbocycles. The van der Waals surface area contributed by atoms with Crippen LogP contribution in [0.4, 0.5) is 5.00 Å². The summed E-state index contributed by atoms with van der Waals surface area (Å²) < 4.78 is 27.8. The fraction of sp³-hybridized carbons (Fsp3) is 0.263. The van der Waals surface area contributed by atoms with Crippen LogP contribution in [0.5, 0.6) is 0 Å². The Morgan fingerprint density at radius 3 is 2.56 bits per heavy atom. The third kappa shape index (κ3) is 2.55. The first-order chi connectivity index (χ1) is 11.8. The molecule has 1 aliphatic rings. The molecule has 0 amide bonds. The van der Waals surface area contributed by atoms with Crippen LogP contribution in [0, 0.1) is 26.2 Å². The van der Waals surface area contributed by atoms with E-state index in [0.717, 1.165) is 16.0 Å². The van der Waals surface area contributed by atoms with Crippen molar-refractivity contribution in [3.63, 3.8) is 0 Å². The van der Waals surface area contributed by atoms with E-state index in [9.17, 15) is 13.5 Å². The molecule has 0 bridgehead atoms. The van der Waals surface area contributed by atoms with E-state index in [1.165, 1.54) is 15.6 Å². The fourth-order valence-corrected chi connectivity index (χ4v) is 6.38. The second-order valence-corrected chi connectivity index (χ2v) is 8.88. The normalized spacial score (nSPS) is 15.8. The van der Waals surface area contributed by atoms with Gasteiger partial charge in [-0.05, 0) is 31.4 Å². The zero-order chi connectivity index (χ0) is 18.4. The van der Waals surface area contributed by atoms with Gasteiger partial charge in [0.05, 0.1) is 12.1 Å². The number of hydrogen-bond donors (Lipinski definition) is 1. The highest BCUT2D eigenvalue weighted by atomic mass is 32.2. The van der Waals surface area contributed by atoms with Crippen molar-refractivity contribution in [1.82, 2.24) is 0 Å². The maximum atomic E-state index is 13.3. The largest absolute Gasteiger partial charge is 0.506 e. The molecule has 0 fully saturated rings. The summed E-state index contributed by atoms with van der Waals surface area (Å²) in [7, 11) is -3.95. The zero-order valence-electron chi connectivity index (χ0n) is 14.3. The van der Waals surface area contributed by atoms with Crippen LogP contribution in [0.2, 0.25) is 0 Å². The lowest BCUT2D eigenvalue weighted by atomic mass is 10.0. The summed E-state index contributed by atoms with van der Waals surface area (Å²) in [6, 6.07) is 7.13. The van der Waals surface area contributed by atoms with Crippen molar-refractivity contribution < 1.29 is 13.5 Å². The summed E-state index contributed by atoms with van der Waals surface area (Å²) in [5.74, 6) is 2.25. The quantitative estimate of drug-likeness (QED) is 0.824. The number of aliphatic hydroxyl groups excluding tert-OH is 1. The monoisotopic (exact) mass is 373 g/mol. The van der Waals surface area contributed by atoms with E-state index in [1.54, 1.807) is 12.1 Å². The van der Waals surface area contributed by atoms with Crippen molar-refractivity contribution in [1.29, 1.82) is 0 Å². The fourth-order valence-electron chi connectivity index (χ4n) is 3.20. The highest BCUT2D eigenvalue weighted by molar-refractivity contribution is 8.02. The molecule has 0 saturated heterocycles. The summed E-state index contributed by atoms with van der Waals surface area (Å²) in [5, 5.41) is 11.5. The van der Waals surface area contributed by atoms with Gasteiger partial charge in [0.25, 0.3) is 10.0 Å². The molecular weight excluding hydrogens is 354 g/mol. The highest BCUT2D eigenvalue weighted by Gasteiger charge is 2.41. The molecule has 0 radical (unpaired) electrons. The number of nitrogens with zero attached hydrogens (tertiary/aromatic N) is 1. The lowest BCUT2D eigenvalue weighted by molar-refractivity contribution is 0.512. The molecule has 2 aromatic rings. The van der Waals surface area contributed by atoms with Gasteiger partial charge in [0, 0.05) is 10.4 Å². The predicted molar refractivity (Wildman–Crippen MR) is 104 cm³/mol. The topological polar surface area (TPSA) is 57.6 Å². The Bertz CT molecular complexity index is 1020. The molecule has 0 aliphatic carbocycles. The minimum Gasteiger partial charge on any atom is -0.506 e. The van der Waals surface area contributed by atoms with E-state index >= 15 is 0 Å². The summed E-state index contributed by atoms with van der Waals surface area (Å²) in [4.78, 5) is 0.920. The molecule has 2 heterocycles. The van der Waals surface area contributed by atoms with Gasteiger partial charge in [-0.15, -0.1) is 17.8 Å². The summed E-state index contributed by atoms with van der Waals surface area (Å²) >= 11 is 1.35. The number of benzene rings is 1. The first kappa shape index (κ1) is 17.6. The van der Waals surface area contributed by atoms with Gasteiger partial charge >= 0.3 is 0 Å². The molecule has 4 nitrogen and oxygen atoms in total. The van der Waals surface area contributed by atoms with E-state index < -0.39 is 10.0 Å². The van der Waals surface area contributed by atoms with Crippen molar-refractivity contribution in [2.45, 2.75) is 27.2 Å². The Balaban J connectivity index is 2.44. The molecule has 1 aromatic carbocycles. The number of thiophene rings is 1. The van der Waals surface area contributed by atoms with Gasteiger partial charge in [-0.2, -0.15) is 0 Å². The maximum absolute atomic E-state index is 13.3. The number of aryl methyl sites for hydroxylation is 2. The number of aliphatic hydroxyl groups is 1. The molecule has 130 valence electrons. The maximum Gasteiger partial charge on any atom is 0.270 e. The molecule has 0 atom stereocenters. The van der Waals surface area contributed by atoms with Gasteiger partial charge in [-0.25, -0.2) is 12.7 Å². The molecule has 6 heteroatoms. The second kappa shape index (κ2) is 6.25. The number of sulfonamides is 1. The molecule has 3 rings (SSSR count). The Kier molecular flexibility index (Phi) is 4.40. The van der Waals surface area contributed by atoms with Crippen LogP contribution >= 0.6 is 11.3 Å². The number of fused-ring (bicyclic) bond motifs is 1. The Morgan fingerprint density at radius 2 is 1.96 bits per heavy atom. The standard InChI is InChI=1S/C19H19NO3S2/c1-5-11-20-19-16(14(6-2)13(4)24-19)17(21)18(25(20,22)23)15-10-8-7-9-12(15)3/h1,7-10,21H,6,11H2,2-4H3. The highest BCUT2D eigenvalue weighted by Crippen LogP contribution is 2.49. The Hall–Kier alpha value is -2.23. The number of anilines is 1. The van der Waals surface area contributed by atoms with Gasteiger partial charge in [0.1, 0.15) is 15.7 Å². The predicted octanol–water partition coefficient (Wildman–Crippen LogP) is 4.09. The van der Waals surface area contributed by atoms with Crippen molar-refractivity contribution in [2.24, 2.45) is 0 Å². The van der Waals surface area contributed by atoms with Crippen LogP contribution in [0.25, 0.3) is 10.7 Å². The Morgan fingerprint density at radius 1 is 1.28 bits per heavy atom. The van der Waals surface area contributed by atoms with E-state index in [1.807, 2.05) is 32.9 Å². The average Bonchev–Trinajstić information content (AvgIpc) is 2.89. The van der Waals surface area contributed by atoms with Crippen LogP contribution < -0.4 is 4.31 Å². The van der Waals surface area contributed by atoms with E-state index in [4.69, 9.17) is 6.42 Å². The third-order valence-corrected chi connectivity index (χ3v) is 7.50. The van der Waals surface area contributed by atoms with Crippen molar-refractivity contribution in [3.8, 4) is 12.3 Å². The molecule has 0 spiro atoms. The minimum absolute atomic E-state index is 0.0684.